The van der Waals surface area contributed by atoms with E-state index < -0.39 is 0 Å². The molecule has 0 spiro atoms. The topological polar surface area (TPSA) is 30.0 Å². The van der Waals surface area contributed by atoms with Crippen LogP contribution in [-0.4, -0.2) is 11.3 Å². The van der Waals surface area contributed by atoms with Crippen LogP contribution in [0.25, 0.3) is 6.08 Å². The highest BCUT2D eigenvalue weighted by atomic mass is 32.1. The summed E-state index contributed by atoms with van der Waals surface area (Å²) in [4.78, 5) is 15.2. The number of nitrogens with zero attached hydrogens (tertiary/aromatic N) is 1. The molecule has 1 rings (SSSR count). The van der Waals surface area contributed by atoms with Crippen molar-refractivity contribution in [2.75, 3.05) is 0 Å². The molecule has 128 valence electrons. The first-order chi connectivity index (χ1) is 10.8. The highest BCUT2D eigenvalue weighted by molar-refractivity contribution is 7.09. The Labute approximate surface area is 145 Å². The Hall–Kier alpha value is -1.22. The summed E-state index contributed by atoms with van der Waals surface area (Å²) in [5.41, 5.74) is 3.88. The molecule has 0 aliphatic heterocycles. The number of rotatable bonds is 9. The van der Waals surface area contributed by atoms with Crippen molar-refractivity contribution in [2.45, 2.75) is 60.8 Å². The van der Waals surface area contributed by atoms with Crippen molar-refractivity contribution in [1.82, 2.24) is 4.98 Å². The normalized spacial score (nSPS) is 17.0. The molecule has 0 fully saturated rings. The predicted octanol–water partition coefficient (Wildman–Crippen LogP) is 6.08. The molecular formula is C20H31NOS. The van der Waals surface area contributed by atoms with Crippen LogP contribution in [0.3, 0.4) is 0 Å². The van der Waals surface area contributed by atoms with E-state index in [1.165, 1.54) is 11.1 Å². The van der Waals surface area contributed by atoms with E-state index >= 15 is 0 Å². The molecular weight excluding hydrogens is 302 g/mol. The molecule has 3 heteroatoms. The summed E-state index contributed by atoms with van der Waals surface area (Å²) in [6.07, 6.45) is 8.82. The standard InChI is InChI=1S/C20H31NOS/c1-14(8-7-9-15(2)12-22)10-16(3)18(5)17(4)11-20-13-23-19(6)21-20/h10-13,15-16,18H,7-9H2,1-6H3/b14-10-,17-11+/t15-,16-,18-/m0/s1. The zero-order chi connectivity index (χ0) is 17.4. The Morgan fingerprint density at radius 1 is 1.30 bits per heavy atom. The number of thiazole rings is 1. The Morgan fingerprint density at radius 3 is 2.57 bits per heavy atom. The van der Waals surface area contributed by atoms with Crippen LogP contribution in [-0.2, 0) is 4.79 Å². The summed E-state index contributed by atoms with van der Waals surface area (Å²) in [5, 5.41) is 3.23. The molecule has 3 atom stereocenters. The van der Waals surface area contributed by atoms with Gasteiger partial charge in [-0.1, -0.05) is 38.0 Å². The quantitative estimate of drug-likeness (QED) is 0.405. The molecule has 0 saturated carbocycles. The molecule has 23 heavy (non-hydrogen) atoms. The first kappa shape index (κ1) is 19.8. The number of carbonyl (C=O) groups excluding carboxylic acids is 1. The van der Waals surface area contributed by atoms with Gasteiger partial charge in [-0.15, -0.1) is 11.3 Å². The van der Waals surface area contributed by atoms with Crippen LogP contribution >= 0.6 is 11.3 Å². The average Bonchev–Trinajstić information content (AvgIpc) is 2.90. The molecule has 0 N–H and O–H groups in total. The monoisotopic (exact) mass is 333 g/mol. The smallest absolute Gasteiger partial charge is 0.122 e. The molecule has 0 aromatic carbocycles. The van der Waals surface area contributed by atoms with Crippen LogP contribution < -0.4 is 0 Å². The molecule has 2 nitrogen and oxygen atoms in total. The van der Waals surface area contributed by atoms with Gasteiger partial charge in [-0.2, -0.15) is 0 Å². The lowest BCUT2D eigenvalue weighted by Gasteiger charge is -2.19. The van der Waals surface area contributed by atoms with E-state index in [1.807, 2.05) is 13.8 Å². The molecule has 0 aliphatic carbocycles. The third kappa shape index (κ3) is 7.26. The van der Waals surface area contributed by atoms with Crippen LogP contribution in [0.4, 0.5) is 0 Å². The first-order valence-corrected chi connectivity index (χ1v) is 9.44. The molecule has 0 radical (unpaired) electrons. The van der Waals surface area contributed by atoms with Crippen molar-refractivity contribution in [1.29, 1.82) is 0 Å². The highest BCUT2D eigenvalue weighted by Gasteiger charge is 2.12. The van der Waals surface area contributed by atoms with Crippen LogP contribution in [0.15, 0.2) is 22.6 Å². The third-order valence-electron chi connectivity index (χ3n) is 4.53. The largest absolute Gasteiger partial charge is 0.303 e. The van der Waals surface area contributed by atoms with Gasteiger partial charge >= 0.3 is 0 Å². The number of aldehydes is 1. The van der Waals surface area contributed by atoms with Gasteiger partial charge in [0.25, 0.3) is 0 Å². The van der Waals surface area contributed by atoms with Crippen LogP contribution in [0.1, 0.15) is 64.6 Å². The van der Waals surface area contributed by atoms with E-state index in [1.54, 1.807) is 11.3 Å². The minimum atomic E-state index is 0.186. The summed E-state index contributed by atoms with van der Waals surface area (Å²) in [7, 11) is 0. The zero-order valence-electron chi connectivity index (χ0n) is 15.4. The second kappa shape index (κ2) is 9.82. The fraction of sp³-hybridized carbons (Fsp3) is 0.600. The number of hydrogen-bond acceptors (Lipinski definition) is 3. The van der Waals surface area contributed by atoms with Crippen molar-refractivity contribution in [2.24, 2.45) is 17.8 Å². The van der Waals surface area contributed by atoms with E-state index in [0.29, 0.717) is 11.8 Å². The maximum Gasteiger partial charge on any atom is 0.122 e. The van der Waals surface area contributed by atoms with Crippen molar-refractivity contribution in [3.8, 4) is 0 Å². The van der Waals surface area contributed by atoms with E-state index in [4.69, 9.17) is 0 Å². The Balaban J connectivity index is 2.57. The number of hydrogen-bond donors (Lipinski definition) is 0. The van der Waals surface area contributed by atoms with Crippen molar-refractivity contribution >= 4 is 23.7 Å². The third-order valence-corrected chi connectivity index (χ3v) is 5.32. The molecule has 1 aromatic rings. The summed E-state index contributed by atoms with van der Waals surface area (Å²) < 4.78 is 0. The van der Waals surface area contributed by atoms with E-state index in [9.17, 15) is 4.79 Å². The minimum Gasteiger partial charge on any atom is -0.303 e. The van der Waals surface area contributed by atoms with Crippen molar-refractivity contribution in [3.63, 3.8) is 0 Å². The molecule has 0 amide bonds. The number of aromatic nitrogens is 1. The van der Waals surface area contributed by atoms with Gasteiger partial charge in [0, 0.05) is 11.3 Å². The van der Waals surface area contributed by atoms with Crippen LogP contribution in [0, 0.1) is 24.7 Å². The summed E-state index contributed by atoms with van der Waals surface area (Å²) in [6, 6.07) is 0. The molecule has 1 heterocycles. The Bertz CT molecular complexity index is 556. The SMILES string of the molecule is C/C(=C/[C@H](C)[C@H](C)/C(C)=C/c1csc(C)n1)CCC[C@H](C)C=O. The van der Waals surface area contributed by atoms with Crippen molar-refractivity contribution < 1.29 is 4.79 Å². The Morgan fingerprint density at radius 2 is 2.00 bits per heavy atom. The lowest BCUT2D eigenvalue weighted by atomic mass is 9.87. The van der Waals surface area contributed by atoms with Crippen LogP contribution in [0.2, 0.25) is 0 Å². The summed E-state index contributed by atoms with van der Waals surface area (Å²) >= 11 is 1.70. The fourth-order valence-corrected chi connectivity index (χ4v) is 3.24. The predicted molar refractivity (Wildman–Crippen MR) is 102 cm³/mol. The second-order valence-electron chi connectivity index (χ2n) is 6.85. The van der Waals surface area contributed by atoms with Crippen molar-refractivity contribution in [3.05, 3.63) is 33.3 Å². The van der Waals surface area contributed by atoms with Gasteiger partial charge in [0.1, 0.15) is 6.29 Å². The molecule has 0 unspecified atom stereocenters. The lowest BCUT2D eigenvalue weighted by molar-refractivity contribution is -0.110. The minimum absolute atomic E-state index is 0.186. The van der Waals surface area contributed by atoms with Gasteiger partial charge in [0.15, 0.2) is 0 Å². The second-order valence-corrected chi connectivity index (χ2v) is 7.91. The zero-order valence-corrected chi connectivity index (χ0v) is 16.2. The summed E-state index contributed by atoms with van der Waals surface area (Å²) in [6.45, 7) is 13.0. The van der Waals surface area contributed by atoms with Gasteiger partial charge in [0.05, 0.1) is 10.7 Å². The van der Waals surface area contributed by atoms with E-state index in [0.717, 1.165) is 36.3 Å². The molecule has 0 saturated heterocycles. The lowest BCUT2D eigenvalue weighted by Crippen LogP contribution is -2.07. The maximum atomic E-state index is 10.6. The Kier molecular flexibility index (Phi) is 8.46. The van der Waals surface area contributed by atoms with Gasteiger partial charge in [-0.25, -0.2) is 4.98 Å². The number of aryl methyl sites for hydroxylation is 1. The van der Waals surface area contributed by atoms with Gasteiger partial charge in [0.2, 0.25) is 0 Å². The van der Waals surface area contributed by atoms with Gasteiger partial charge in [-0.05, 0) is 57.9 Å². The first-order valence-electron chi connectivity index (χ1n) is 8.56. The average molecular weight is 334 g/mol. The molecule has 1 aromatic heterocycles. The highest BCUT2D eigenvalue weighted by Crippen LogP contribution is 2.25. The summed E-state index contributed by atoms with van der Waals surface area (Å²) in [5.74, 6) is 1.20. The number of allylic oxidation sites excluding steroid dienone is 3. The van der Waals surface area contributed by atoms with Gasteiger partial charge in [-0.3, -0.25) is 0 Å². The van der Waals surface area contributed by atoms with Gasteiger partial charge < -0.3 is 4.79 Å². The van der Waals surface area contributed by atoms with E-state index in [-0.39, 0.29) is 5.92 Å². The van der Waals surface area contributed by atoms with E-state index in [2.05, 4.69) is 50.2 Å². The molecule has 0 bridgehead atoms. The number of carbonyl (C=O) groups is 1. The molecule has 0 aliphatic rings. The maximum absolute atomic E-state index is 10.6. The fourth-order valence-electron chi connectivity index (χ4n) is 2.67. The van der Waals surface area contributed by atoms with Crippen LogP contribution in [0.5, 0.6) is 0 Å².